The third kappa shape index (κ3) is 5.20. The Hall–Kier alpha value is -2.90. The average molecular weight is 483 g/mol. The van der Waals surface area contributed by atoms with E-state index in [2.05, 4.69) is 21.6 Å². The number of amides is 1. The summed E-state index contributed by atoms with van der Waals surface area (Å²) in [4.78, 5) is 20.0. The summed E-state index contributed by atoms with van der Waals surface area (Å²) in [7, 11) is 0. The molecule has 0 aliphatic carbocycles. The maximum Gasteiger partial charge on any atom is 0.255 e. The fourth-order valence-corrected chi connectivity index (χ4v) is 4.15. The van der Waals surface area contributed by atoms with Gasteiger partial charge in [-0.15, -0.1) is 12.4 Å². The number of rotatable bonds is 5. The highest BCUT2D eigenvalue weighted by Crippen LogP contribution is 2.32. The summed E-state index contributed by atoms with van der Waals surface area (Å²) in [6.07, 6.45) is 0. The number of para-hydroxylation sites is 2. The maximum atomic E-state index is 12.8. The molecule has 4 aromatic rings. The number of nitrogens with one attached hydrogen (secondary N) is 2. The molecule has 2 N–H and O–H groups in total. The van der Waals surface area contributed by atoms with Gasteiger partial charge in [0, 0.05) is 43.3 Å². The lowest BCUT2D eigenvalue weighted by Gasteiger charge is -2.27. The average Bonchev–Trinajstić information content (AvgIpc) is 3.25. The zero-order valence-corrected chi connectivity index (χ0v) is 19.5. The first-order valence-corrected chi connectivity index (χ1v) is 11.0. The molecule has 0 unspecified atom stereocenters. The minimum absolute atomic E-state index is 0. The van der Waals surface area contributed by atoms with E-state index in [1.165, 1.54) is 0 Å². The molecule has 0 radical (unpaired) electrons. The highest BCUT2D eigenvalue weighted by molar-refractivity contribution is 6.31. The third-order valence-corrected chi connectivity index (χ3v) is 5.83. The Labute approximate surface area is 203 Å². The molecule has 1 aliphatic rings. The van der Waals surface area contributed by atoms with Crippen molar-refractivity contribution in [3.05, 3.63) is 82.9 Å². The van der Waals surface area contributed by atoms with Crippen LogP contribution in [0.15, 0.2) is 71.1 Å². The van der Waals surface area contributed by atoms with Crippen LogP contribution in [0.4, 0.5) is 5.69 Å². The van der Waals surface area contributed by atoms with Crippen molar-refractivity contribution >= 4 is 46.7 Å². The summed E-state index contributed by atoms with van der Waals surface area (Å²) in [5, 5.41) is 6.86. The summed E-state index contributed by atoms with van der Waals surface area (Å²) < 4.78 is 6.12. The van der Waals surface area contributed by atoms with Crippen LogP contribution >= 0.6 is 24.0 Å². The van der Waals surface area contributed by atoms with Crippen molar-refractivity contribution in [1.82, 2.24) is 15.2 Å². The number of hydrogen-bond acceptors (Lipinski definition) is 5. The number of piperazine rings is 1. The predicted octanol–water partition coefficient (Wildman–Crippen LogP) is 5.23. The van der Waals surface area contributed by atoms with Crippen molar-refractivity contribution in [1.29, 1.82) is 0 Å². The summed E-state index contributed by atoms with van der Waals surface area (Å²) in [6.45, 7) is 4.86. The maximum absolute atomic E-state index is 12.8. The first-order valence-electron chi connectivity index (χ1n) is 10.7. The lowest BCUT2D eigenvalue weighted by atomic mass is 10.1. The fraction of sp³-hybridized carbons (Fsp3) is 0.200. The van der Waals surface area contributed by atoms with Crippen LogP contribution in [-0.4, -0.2) is 42.0 Å². The number of carbonyl (C=O) groups is 1. The van der Waals surface area contributed by atoms with Crippen molar-refractivity contribution in [2.75, 3.05) is 31.5 Å². The second kappa shape index (κ2) is 10.4. The summed E-state index contributed by atoms with van der Waals surface area (Å²) in [6, 6.07) is 20.4. The van der Waals surface area contributed by atoms with Crippen LogP contribution in [0.1, 0.15) is 15.9 Å². The van der Waals surface area contributed by atoms with E-state index in [4.69, 9.17) is 21.0 Å². The third-order valence-electron chi connectivity index (χ3n) is 5.60. The Morgan fingerprint density at radius 3 is 2.67 bits per heavy atom. The van der Waals surface area contributed by atoms with Crippen LogP contribution in [0, 0.1) is 0 Å². The van der Waals surface area contributed by atoms with Crippen LogP contribution in [0.2, 0.25) is 5.02 Å². The van der Waals surface area contributed by atoms with Crippen LogP contribution in [-0.2, 0) is 6.54 Å². The van der Waals surface area contributed by atoms with Crippen molar-refractivity contribution in [2.45, 2.75) is 6.54 Å². The minimum Gasteiger partial charge on any atom is -0.436 e. The standard InChI is InChI=1S/C25H23ClN4O2.ClH/c26-19-7-3-5-17(15-19)24(31)28-21-9-2-1-8-20(21)25-29-23-18(6-4-10-22(23)32-25)16-30-13-11-27-12-14-30;/h1-10,15,27H,11-14,16H2,(H,28,31);1H. The normalized spacial score (nSPS) is 14.1. The minimum atomic E-state index is -0.240. The van der Waals surface area contributed by atoms with Gasteiger partial charge < -0.3 is 15.1 Å². The molecular weight excluding hydrogens is 459 g/mol. The van der Waals surface area contributed by atoms with E-state index in [9.17, 15) is 4.79 Å². The van der Waals surface area contributed by atoms with E-state index in [1.807, 2.05) is 36.4 Å². The molecule has 1 fully saturated rings. The number of fused-ring (bicyclic) bond motifs is 1. The van der Waals surface area contributed by atoms with Gasteiger partial charge in [-0.1, -0.05) is 41.9 Å². The fourth-order valence-electron chi connectivity index (χ4n) is 3.96. The molecule has 5 rings (SSSR count). The summed E-state index contributed by atoms with van der Waals surface area (Å²) in [5.74, 6) is 0.241. The van der Waals surface area contributed by atoms with Gasteiger partial charge in [0.15, 0.2) is 5.58 Å². The second-order valence-corrected chi connectivity index (χ2v) is 8.26. The zero-order valence-electron chi connectivity index (χ0n) is 17.9. The monoisotopic (exact) mass is 482 g/mol. The van der Waals surface area contributed by atoms with Gasteiger partial charge in [-0.2, -0.15) is 0 Å². The molecule has 3 aromatic carbocycles. The molecule has 1 aliphatic heterocycles. The molecule has 2 heterocycles. The van der Waals surface area contributed by atoms with Crippen LogP contribution in [0.5, 0.6) is 0 Å². The number of benzene rings is 3. The Balaban J connectivity index is 0.00000259. The number of anilines is 1. The molecule has 0 atom stereocenters. The molecule has 0 spiro atoms. The number of hydrogen-bond donors (Lipinski definition) is 2. The second-order valence-electron chi connectivity index (χ2n) is 7.82. The van der Waals surface area contributed by atoms with Crippen molar-refractivity contribution in [3.8, 4) is 11.5 Å². The summed E-state index contributed by atoms with van der Waals surface area (Å²) in [5.41, 5.74) is 4.59. The van der Waals surface area contributed by atoms with Gasteiger partial charge in [-0.05, 0) is 42.0 Å². The van der Waals surface area contributed by atoms with E-state index in [0.717, 1.165) is 55.0 Å². The predicted molar refractivity (Wildman–Crippen MR) is 134 cm³/mol. The molecule has 1 aromatic heterocycles. The molecule has 6 nitrogen and oxygen atoms in total. The van der Waals surface area contributed by atoms with Gasteiger partial charge in [-0.25, -0.2) is 4.98 Å². The highest BCUT2D eigenvalue weighted by atomic mass is 35.5. The molecule has 170 valence electrons. The van der Waals surface area contributed by atoms with Gasteiger partial charge in [0.1, 0.15) is 5.52 Å². The lowest BCUT2D eigenvalue weighted by molar-refractivity contribution is 0.102. The van der Waals surface area contributed by atoms with E-state index < -0.39 is 0 Å². The van der Waals surface area contributed by atoms with E-state index in [0.29, 0.717) is 22.2 Å². The van der Waals surface area contributed by atoms with Gasteiger partial charge in [0.25, 0.3) is 5.91 Å². The number of aromatic nitrogens is 1. The van der Waals surface area contributed by atoms with Crippen LogP contribution < -0.4 is 10.6 Å². The quantitative estimate of drug-likeness (QED) is 0.407. The zero-order chi connectivity index (χ0) is 21.9. The molecule has 1 saturated heterocycles. The van der Waals surface area contributed by atoms with E-state index in [-0.39, 0.29) is 18.3 Å². The SMILES string of the molecule is Cl.O=C(Nc1ccccc1-c1nc2c(CN3CCNCC3)cccc2o1)c1cccc(Cl)c1. The van der Waals surface area contributed by atoms with Crippen LogP contribution in [0.25, 0.3) is 22.6 Å². The van der Waals surface area contributed by atoms with Crippen molar-refractivity contribution in [2.24, 2.45) is 0 Å². The molecule has 8 heteroatoms. The first-order chi connectivity index (χ1) is 15.7. The number of halogens is 2. The molecule has 1 amide bonds. The van der Waals surface area contributed by atoms with Gasteiger partial charge in [0.2, 0.25) is 5.89 Å². The Bertz CT molecular complexity index is 1270. The smallest absolute Gasteiger partial charge is 0.255 e. The van der Waals surface area contributed by atoms with Crippen LogP contribution in [0.3, 0.4) is 0 Å². The molecule has 0 saturated carbocycles. The number of oxazole rings is 1. The van der Waals surface area contributed by atoms with Crippen molar-refractivity contribution in [3.63, 3.8) is 0 Å². The Morgan fingerprint density at radius 1 is 1.06 bits per heavy atom. The van der Waals surface area contributed by atoms with E-state index in [1.54, 1.807) is 24.3 Å². The van der Waals surface area contributed by atoms with Crippen molar-refractivity contribution < 1.29 is 9.21 Å². The lowest BCUT2D eigenvalue weighted by Crippen LogP contribution is -2.42. The van der Waals surface area contributed by atoms with Gasteiger partial charge in [0.05, 0.1) is 11.3 Å². The van der Waals surface area contributed by atoms with Gasteiger partial charge in [-0.3, -0.25) is 9.69 Å². The summed E-state index contributed by atoms with van der Waals surface area (Å²) >= 11 is 6.04. The Kier molecular flexibility index (Phi) is 7.30. The van der Waals surface area contributed by atoms with E-state index >= 15 is 0 Å². The molecule has 33 heavy (non-hydrogen) atoms. The molecule has 0 bridgehead atoms. The Morgan fingerprint density at radius 2 is 1.85 bits per heavy atom. The van der Waals surface area contributed by atoms with Gasteiger partial charge >= 0.3 is 0 Å². The number of nitrogens with zero attached hydrogens (tertiary/aromatic N) is 2. The first kappa shape index (κ1) is 23.3. The largest absolute Gasteiger partial charge is 0.436 e. The number of carbonyl (C=O) groups excluding carboxylic acids is 1. The molecular formula is C25H24Cl2N4O2. The topological polar surface area (TPSA) is 70.4 Å². The highest BCUT2D eigenvalue weighted by Gasteiger charge is 2.18.